The van der Waals surface area contributed by atoms with E-state index < -0.39 is 12.1 Å². The first-order valence-corrected chi connectivity index (χ1v) is 9.00. The van der Waals surface area contributed by atoms with Crippen molar-refractivity contribution < 1.29 is 13.2 Å². The molecular weight excluding hydrogens is 309 g/mol. The second kappa shape index (κ2) is 8.09. The molecule has 1 aliphatic carbocycles. The number of hydrogen-bond donors (Lipinski definition) is 1. The Morgan fingerprint density at radius 1 is 1.18 bits per heavy atom. The Morgan fingerprint density at radius 2 is 1.91 bits per heavy atom. The Bertz CT molecular complexity index is 435. The van der Waals surface area contributed by atoms with Gasteiger partial charge in [-0.05, 0) is 43.9 Å². The molecular formula is C16H23F3N2S. The summed E-state index contributed by atoms with van der Waals surface area (Å²) < 4.78 is 37.7. The number of allylic oxidation sites excluding steroid dienone is 3. The van der Waals surface area contributed by atoms with Crippen molar-refractivity contribution in [3.63, 3.8) is 0 Å². The summed E-state index contributed by atoms with van der Waals surface area (Å²) in [5.41, 5.74) is 0. The molecule has 0 aromatic carbocycles. The van der Waals surface area contributed by atoms with E-state index in [0.29, 0.717) is 18.1 Å². The summed E-state index contributed by atoms with van der Waals surface area (Å²) in [5, 5.41) is 3.80. The van der Waals surface area contributed by atoms with E-state index in [9.17, 15) is 13.2 Å². The smallest absolute Gasteiger partial charge is 0.369 e. The third-order valence-corrected chi connectivity index (χ3v) is 5.28. The van der Waals surface area contributed by atoms with Gasteiger partial charge in [0.15, 0.2) is 0 Å². The van der Waals surface area contributed by atoms with Crippen LogP contribution in [0.3, 0.4) is 0 Å². The normalized spacial score (nSPS) is 30.5. The lowest BCUT2D eigenvalue weighted by atomic mass is 9.81. The van der Waals surface area contributed by atoms with E-state index in [-0.39, 0.29) is 18.8 Å². The number of rotatable bonds is 4. The molecule has 1 unspecified atom stereocenters. The maximum absolute atomic E-state index is 12.6. The van der Waals surface area contributed by atoms with Crippen LogP contribution in [0.15, 0.2) is 29.3 Å². The first kappa shape index (κ1) is 17.4. The first-order chi connectivity index (χ1) is 10.5. The molecule has 2 aliphatic rings. The minimum Gasteiger partial charge on any atom is -0.369 e. The summed E-state index contributed by atoms with van der Waals surface area (Å²) in [5.74, 6) is 0.0546. The van der Waals surface area contributed by atoms with Crippen LogP contribution < -0.4 is 5.32 Å². The van der Waals surface area contributed by atoms with Crippen molar-refractivity contribution in [3.8, 4) is 0 Å². The summed E-state index contributed by atoms with van der Waals surface area (Å²) in [6, 6.07) is 0. The monoisotopic (exact) mass is 332 g/mol. The van der Waals surface area contributed by atoms with Gasteiger partial charge in [0.25, 0.3) is 0 Å². The van der Waals surface area contributed by atoms with Crippen LogP contribution in [-0.2, 0) is 0 Å². The summed E-state index contributed by atoms with van der Waals surface area (Å²) >= 11 is 1.81. The molecule has 124 valence electrons. The van der Waals surface area contributed by atoms with Crippen LogP contribution in [0.25, 0.3) is 0 Å². The van der Waals surface area contributed by atoms with Gasteiger partial charge in [-0.15, -0.1) is 0 Å². The van der Waals surface area contributed by atoms with Crippen molar-refractivity contribution in [2.45, 2.75) is 37.1 Å². The van der Waals surface area contributed by atoms with Gasteiger partial charge in [-0.1, -0.05) is 18.2 Å². The Labute approximate surface area is 134 Å². The number of halogens is 3. The van der Waals surface area contributed by atoms with Gasteiger partial charge in [0, 0.05) is 11.8 Å². The molecule has 0 amide bonds. The van der Waals surface area contributed by atoms with Gasteiger partial charge in [-0.25, -0.2) is 0 Å². The molecule has 1 aliphatic heterocycles. The molecule has 1 heterocycles. The molecule has 1 N–H and O–H groups in total. The fourth-order valence-electron chi connectivity index (χ4n) is 2.82. The Morgan fingerprint density at radius 3 is 2.45 bits per heavy atom. The van der Waals surface area contributed by atoms with Gasteiger partial charge >= 0.3 is 6.18 Å². The number of nitrogens with zero attached hydrogens (tertiary/aromatic N) is 1. The van der Waals surface area contributed by atoms with Gasteiger partial charge in [0.05, 0.1) is 12.5 Å². The quantitative estimate of drug-likeness (QED) is 0.780. The lowest BCUT2D eigenvalue weighted by molar-refractivity contribution is -0.183. The van der Waals surface area contributed by atoms with Crippen LogP contribution >= 0.6 is 11.8 Å². The number of hydrogen-bond acceptors (Lipinski definition) is 3. The van der Waals surface area contributed by atoms with E-state index in [1.807, 2.05) is 36.1 Å². The second-order valence-corrected chi connectivity index (χ2v) is 7.00. The minimum absolute atomic E-state index is 0.257. The molecule has 1 fully saturated rings. The number of thioether (sulfide) groups is 1. The van der Waals surface area contributed by atoms with E-state index in [0.717, 1.165) is 18.9 Å². The number of nitrogens with one attached hydrogen (secondary N) is 1. The third-order valence-electron chi connectivity index (χ3n) is 4.29. The highest BCUT2D eigenvalue weighted by atomic mass is 32.2. The predicted molar refractivity (Wildman–Crippen MR) is 87.4 cm³/mol. The molecule has 2 rings (SSSR count). The summed E-state index contributed by atoms with van der Waals surface area (Å²) in [4.78, 5) is 4.44. The van der Waals surface area contributed by atoms with Crippen molar-refractivity contribution in [1.82, 2.24) is 5.32 Å². The maximum atomic E-state index is 12.6. The molecule has 0 aromatic heterocycles. The van der Waals surface area contributed by atoms with E-state index in [2.05, 4.69) is 16.6 Å². The van der Waals surface area contributed by atoms with Crippen molar-refractivity contribution >= 4 is 17.6 Å². The zero-order valence-electron chi connectivity index (χ0n) is 12.8. The highest BCUT2D eigenvalue weighted by Gasteiger charge is 2.40. The molecule has 0 radical (unpaired) electrons. The zero-order valence-corrected chi connectivity index (χ0v) is 13.6. The van der Waals surface area contributed by atoms with E-state index in [1.54, 1.807) is 0 Å². The second-order valence-electron chi connectivity index (χ2n) is 5.86. The summed E-state index contributed by atoms with van der Waals surface area (Å²) in [7, 11) is 0. The van der Waals surface area contributed by atoms with Crippen molar-refractivity contribution in [3.05, 3.63) is 24.3 Å². The molecule has 0 saturated heterocycles. The fourth-order valence-corrected chi connectivity index (χ4v) is 3.29. The first-order valence-electron chi connectivity index (χ1n) is 7.71. The van der Waals surface area contributed by atoms with Crippen molar-refractivity contribution in [2.24, 2.45) is 16.8 Å². The average molecular weight is 332 g/mol. The molecule has 1 atom stereocenters. The predicted octanol–water partition coefficient (Wildman–Crippen LogP) is 4.20. The zero-order chi connectivity index (χ0) is 16.0. The van der Waals surface area contributed by atoms with E-state index in [1.165, 1.54) is 0 Å². The minimum atomic E-state index is -4.02. The van der Waals surface area contributed by atoms with Gasteiger partial charge in [0.1, 0.15) is 5.84 Å². The van der Waals surface area contributed by atoms with E-state index in [4.69, 9.17) is 0 Å². The van der Waals surface area contributed by atoms with Crippen LogP contribution in [0, 0.1) is 11.8 Å². The van der Waals surface area contributed by atoms with Gasteiger partial charge in [-0.2, -0.15) is 24.9 Å². The van der Waals surface area contributed by atoms with Crippen molar-refractivity contribution in [2.75, 3.05) is 19.3 Å². The molecule has 0 aromatic rings. The lowest BCUT2D eigenvalue weighted by Crippen LogP contribution is -2.36. The number of aliphatic imine (C=N–C) groups is 1. The van der Waals surface area contributed by atoms with Crippen LogP contribution in [0.2, 0.25) is 0 Å². The van der Waals surface area contributed by atoms with E-state index >= 15 is 0 Å². The lowest BCUT2D eigenvalue weighted by Gasteiger charge is -2.28. The number of alkyl halides is 3. The molecule has 1 saturated carbocycles. The summed E-state index contributed by atoms with van der Waals surface area (Å²) in [6.07, 6.45) is 7.63. The Hall–Kier alpha value is -0.910. The fraction of sp³-hybridized carbons (Fsp3) is 0.688. The van der Waals surface area contributed by atoms with Gasteiger partial charge < -0.3 is 5.32 Å². The highest BCUT2D eigenvalue weighted by molar-refractivity contribution is 7.99. The van der Waals surface area contributed by atoms with Crippen molar-refractivity contribution in [1.29, 1.82) is 0 Å². The average Bonchev–Trinajstić information content (AvgIpc) is 2.52. The molecule has 2 nitrogen and oxygen atoms in total. The topological polar surface area (TPSA) is 24.4 Å². The Balaban J connectivity index is 1.73. The summed E-state index contributed by atoms with van der Waals surface area (Å²) in [6.45, 7) is 1.76. The van der Waals surface area contributed by atoms with Crippen LogP contribution in [0.4, 0.5) is 13.2 Å². The molecule has 22 heavy (non-hydrogen) atoms. The van der Waals surface area contributed by atoms with Gasteiger partial charge in [0.2, 0.25) is 0 Å². The maximum Gasteiger partial charge on any atom is 0.391 e. The van der Waals surface area contributed by atoms with Crippen LogP contribution in [0.1, 0.15) is 25.7 Å². The number of amidine groups is 1. The third kappa shape index (κ3) is 5.38. The molecule has 6 heteroatoms. The Kier molecular flexibility index (Phi) is 6.41. The van der Waals surface area contributed by atoms with Crippen LogP contribution in [-0.4, -0.2) is 36.6 Å². The molecule has 0 bridgehead atoms. The van der Waals surface area contributed by atoms with Crippen LogP contribution in [0.5, 0.6) is 0 Å². The van der Waals surface area contributed by atoms with Gasteiger partial charge in [-0.3, -0.25) is 4.99 Å². The standard InChI is InChI=1S/C16H23F3N2S/c1-22-14-10-20-15(21-11-14)5-3-2-4-12-6-8-13(9-7-12)16(17,18)19/h2-5,12-14H,6-11H2,1H3,(H,20,21)/b4-2+,5-3+. The molecule has 0 spiro atoms. The SMILES string of the molecule is CSC1CN=C(/C=C/C=C/C2CCC(C(F)(F)F)CC2)NC1. The highest BCUT2D eigenvalue weighted by Crippen LogP contribution is 2.39. The largest absolute Gasteiger partial charge is 0.391 e.